The topological polar surface area (TPSA) is 67.4 Å². The summed E-state index contributed by atoms with van der Waals surface area (Å²) >= 11 is 1.44. The van der Waals surface area contributed by atoms with Crippen molar-refractivity contribution < 1.29 is 18.7 Å². The zero-order chi connectivity index (χ0) is 21.9. The number of nitrogens with one attached hydrogen (secondary N) is 2. The van der Waals surface area contributed by atoms with Gasteiger partial charge in [-0.1, -0.05) is 39.0 Å². The zero-order valence-corrected chi connectivity index (χ0v) is 18.4. The van der Waals surface area contributed by atoms with Crippen LogP contribution in [0.5, 0.6) is 5.75 Å². The monoisotopic (exact) mass is 430 g/mol. The van der Waals surface area contributed by atoms with Crippen molar-refractivity contribution in [1.82, 2.24) is 5.32 Å². The SMILES string of the molecule is COc1ccc(C(C)(C)C)cc1NC(=O)C1CSC(Cc2ccc(F)cc2)C(=O)N1. The van der Waals surface area contributed by atoms with Crippen LogP contribution < -0.4 is 15.4 Å². The molecule has 1 aliphatic rings. The minimum Gasteiger partial charge on any atom is -0.495 e. The Morgan fingerprint density at radius 2 is 1.93 bits per heavy atom. The first-order valence-corrected chi connectivity index (χ1v) is 10.9. The Balaban J connectivity index is 1.65. The van der Waals surface area contributed by atoms with E-state index in [1.54, 1.807) is 19.2 Å². The van der Waals surface area contributed by atoms with Crippen LogP contribution in [0, 0.1) is 5.82 Å². The molecule has 30 heavy (non-hydrogen) atoms. The highest BCUT2D eigenvalue weighted by molar-refractivity contribution is 8.00. The second-order valence-corrected chi connectivity index (χ2v) is 9.60. The van der Waals surface area contributed by atoms with Gasteiger partial charge in [-0.3, -0.25) is 9.59 Å². The first kappa shape index (κ1) is 22.2. The van der Waals surface area contributed by atoms with Gasteiger partial charge in [-0.05, 0) is 47.2 Å². The summed E-state index contributed by atoms with van der Waals surface area (Å²) in [5, 5.41) is 5.41. The molecule has 2 amide bonds. The highest BCUT2D eigenvalue weighted by Crippen LogP contribution is 2.32. The molecule has 1 fully saturated rings. The first-order valence-electron chi connectivity index (χ1n) is 9.83. The Morgan fingerprint density at radius 3 is 2.53 bits per heavy atom. The van der Waals surface area contributed by atoms with E-state index in [1.807, 2.05) is 18.2 Å². The van der Waals surface area contributed by atoms with E-state index in [1.165, 1.54) is 23.9 Å². The molecular weight excluding hydrogens is 403 g/mol. The average Bonchev–Trinajstić information content (AvgIpc) is 2.70. The summed E-state index contributed by atoms with van der Waals surface area (Å²) in [6.07, 6.45) is 0.493. The molecule has 2 atom stereocenters. The Kier molecular flexibility index (Phi) is 6.71. The smallest absolute Gasteiger partial charge is 0.247 e. The van der Waals surface area contributed by atoms with Gasteiger partial charge in [-0.2, -0.15) is 0 Å². The highest BCUT2D eigenvalue weighted by atomic mass is 32.2. The molecule has 7 heteroatoms. The quantitative estimate of drug-likeness (QED) is 0.755. The molecule has 1 heterocycles. The van der Waals surface area contributed by atoms with E-state index in [2.05, 4.69) is 31.4 Å². The van der Waals surface area contributed by atoms with Crippen LogP contribution >= 0.6 is 11.8 Å². The molecule has 0 spiro atoms. The summed E-state index contributed by atoms with van der Waals surface area (Å²) in [5.74, 6) is 0.263. The number of carbonyl (C=O) groups is 2. The molecule has 2 aromatic carbocycles. The van der Waals surface area contributed by atoms with Gasteiger partial charge < -0.3 is 15.4 Å². The lowest BCUT2D eigenvalue weighted by molar-refractivity contribution is -0.126. The molecule has 0 saturated carbocycles. The van der Waals surface area contributed by atoms with Gasteiger partial charge in [0.15, 0.2) is 0 Å². The molecule has 2 aromatic rings. The van der Waals surface area contributed by atoms with Gasteiger partial charge in [0.05, 0.1) is 18.0 Å². The largest absolute Gasteiger partial charge is 0.495 e. The molecule has 0 radical (unpaired) electrons. The predicted molar refractivity (Wildman–Crippen MR) is 119 cm³/mol. The van der Waals surface area contributed by atoms with Crippen LogP contribution in [-0.4, -0.2) is 36.0 Å². The van der Waals surface area contributed by atoms with Crippen molar-refractivity contribution in [2.24, 2.45) is 0 Å². The standard InChI is InChI=1S/C23H27FN2O3S/c1-23(2,3)15-7-10-19(29-4)17(12-15)25-21(27)18-13-30-20(22(28)26-18)11-14-5-8-16(24)9-6-14/h5-10,12,18,20H,11,13H2,1-4H3,(H,25,27)(H,26,28). The second-order valence-electron chi connectivity index (χ2n) is 8.37. The van der Waals surface area contributed by atoms with Crippen LogP contribution in [0.2, 0.25) is 0 Å². The van der Waals surface area contributed by atoms with E-state index in [0.29, 0.717) is 23.6 Å². The Morgan fingerprint density at radius 1 is 1.23 bits per heavy atom. The van der Waals surface area contributed by atoms with E-state index in [4.69, 9.17) is 4.74 Å². The van der Waals surface area contributed by atoms with E-state index in [9.17, 15) is 14.0 Å². The highest BCUT2D eigenvalue weighted by Gasteiger charge is 2.32. The molecule has 2 N–H and O–H groups in total. The van der Waals surface area contributed by atoms with E-state index < -0.39 is 6.04 Å². The Labute approximate surface area is 180 Å². The number of anilines is 1. The number of rotatable bonds is 5. The first-order chi connectivity index (χ1) is 14.2. The molecule has 0 aliphatic carbocycles. The lowest BCUT2D eigenvalue weighted by atomic mass is 9.87. The van der Waals surface area contributed by atoms with Crippen molar-refractivity contribution >= 4 is 29.3 Å². The number of methoxy groups -OCH3 is 1. The summed E-state index contributed by atoms with van der Waals surface area (Å²) in [5.41, 5.74) is 2.46. The van der Waals surface area contributed by atoms with Gasteiger partial charge in [0.25, 0.3) is 0 Å². The van der Waals surface area contributed by atoms with Crippen LogP contribution in [0.3, 0.4) is 0 Å². The van der Waals surface area contributed by atoms with Crippen LogP contribution in [0.4, 0.5) is 10.1 Å². The van der Waals surface area contributed by atoms with E-state index in [-0.39, 0.29) is 28.3 Å². The molecular formula is C23H27FN2O3S. The maximum absolute atomic E-state index is 13.1. The van der Waals surface area contributed by atoms with Crippen LogP contribution in [0.25, 0.3) is 0 Å². The maximum atomic E-state index is 13.1. The number of carbonyl (C=O) groups excluding carboxylic acids is 2. The van der Waals surface area contributed by atoms with Gasteiger partial charge >= 0.3 is 0 Å². The van der Waals surface area contributed by atoms with Crippen LogP contribution in [0.1, 0.15) is 31.9 Å². The fourth-order valence-corrected chi connectivity index (χ4v) is 4.40. The lowest BCUT2D eigenvalue weighted by Crippen LogP contribution is -2.52. The maximum Gasteiger partial charge on any atom is 0.247 e. The van der Waals surface area contributed by atoms with Crippen molar-refractivity contribution in [2.45, 2.75) is 43.9 Å². The summed E-state index contributed by atoms with van der Waals surface area (Å²) in [4.78, 5) is 25.3. The number of ether oxygens (including phenoxy) is 1. The Hall–Kier alpha value is -2.54. The number of thioether (sulfide) groups is 1. The number of hydrogen-bond acceptors (Lipinski definition) is 4. The molecule has 1 saturated heterocycles. The fourth-order valence-electron chi connectivity index (χ4n) is 3.21. The van der Waals surface area contributed by atoms with Gasteiger partial charge in [0.1, 0.15) is 17.6 Å². The van der Waals surface area contributed by atoms with Crippen molar-refractivity contribution in [1.29, 1.82) is 0 Å². The molecule has 0 aromatic heterocycles. The summed E-state index contributed by atoms with van der Waals surface area (Å²) in [7, 11) is 1.56. The van der Waals surface area contributed by atoms with Crippen LogP contribution in [0.15, 0.2) is 42.5 Å². The van der Waals surface area contributed by atoms with Gasteiger partial charge in [0, 0.05) is 5.75 Å². The van der Waals surface area contributed by atoms with Gasteiger partial charge in [-0.25, -0.2) is 4.39 Å². The van der Waals surface area contributed by atoms with Crippen molar-refractivity contribution in [3.63, 3.8) is 0 Å². The van der Waals surface area contributed by atoms with E-state index >= 15 is 0 Å². The molecule has 0 bridgehead atoms. The number of hydrogen-bond donors (Lipinski definition) is 2. The molecule has 1 aliphatic heterocycles. The summed E-state index contributed by atoms with van der Waals surface area (Å²) in [6, 6.07) is 11.2. The third-order valence-electron chi connectivity index (χ3n) is 5.05. The normalized spacial score (nSPS) is 19.2. The number of halogens is 1. The molecule has 3 rings (SSSR count). The predicted octanol–water partition coefficient (Wildman–Crippen LogP) is 3.91. The number of amides is 2. The minimum absolute atomic E-state index is 0.0752. The Bertz CT molecular complexity index is 925. The van der Waals surface area contributed by atoms with Crippen molar-refractivity contribution in [3.05, 3.63) is 59.4 Å². The van der Waals surface area contributed by atoms with Crippen molar-refractivity contribution in [3.8, 4) is 5.75 Å². The summed E-state index contributed by atoms with van der Waals surface area (Å²) < 4.78 is 18.4. The van der Waals surface area contributed by atoms with Gasteiger partial charge in [-0.15, -0.1) is 11.8 Å². The molecule has 160 valence electrons. The second kappa shape index (κ2) is 9.08. The third-order valence-corrected chi connectivity index (χ3v) is 6.36. The fraction of sp³-hybridized carbons (Fsp3) is 0.391. The van der Waals surface area contributed by atoms with Gasteiger partial charge in [0.2, 0.25) is 11.8 Å². The minimum atomic E-state index is -0.630. The molecule has 5 nitrogen and oxygen atoms in total. The summed E-state index contributed by atoms with van der Waals surface area (Å²) in [6.45, 7) is 6.29. The third kappa shape index (κ3) is 5.33. The van der Waals surface area contributed by atoms with Crippen LogP contribution in [-0.2, 0) is 21.4 Å². The van der Waals surface area contributed by atoms with E-state index in [0.717, 1.165) is 11.1 Å². The zero-order valence-electron chi connectivity index (χ0n) is 17.6. The lowest BCUT2D eigenvalue weighted by Gasteiger charge is -2.28. The van der Waals surface area contributed by atoms with Crippen molar-refractivity contribution in [2.75, 3.05) is 18.2 Å². The average molecular weight is 431 g/mol. The number of benzene rings is 2. The molecule has 2 unspecified atom stereocenters.